The molecule has 0 aliphatic rings. The Bertz CT molecular complexity index is 229. The second-order valence-electron chi connectivity index (χ2n) is 4.03. The number of nitrogens with one attached hydrogen (secondary N) is 1. The first kappa shape index (κ1) is 13.9. The first-order valence-corrected chi connectivity index (χ1v) is 5.25. The third-order valence-corrected chi connectivity index (χ3v) is 2.21. The number of rotatable bonds is 6. The maximum absolute atomic E-state index is 11.5. The van der Waals surface area contributed by atoms with Crippen LogP contribution in [0.4, 0.5) is 0 Å². The van der Waals surface area contributed by atoms with E-state index in [1.807, 2.05) is 20.8 Å². The zero-order valence-electron chi connectivity index (χ0n) is 9.62. The number of hydrogen-bond acceptors (Lipinski definition) is 3. The summed E-state index contributed by atoms with van der Waals surface area (Å²) in [5, 5.41) is 2.56. The molecule has 0 fully saturated rings. The molecule has 0 spiro atoms. The Morgan fingerprint density at radius 2 is 1.87 bits per heavy atom. The van der Waals surface area contributed by atoms with E-state index < -0.39 is 18.0 Å². The van der Waals surface area contributed by atoms with Gasteiger partial charge in [-0.3, -0.25) is 9.59 Å². The van der Waals surface area contributed by atoms with Crippen molar-refractivity contribution in [1.82, 2.24) is 5.32 Å². The maximum Gasteiger partial charge on any atom is 0.240 e. The Morgan fingerprint density at radius 3 is 2.20 bits per heavy atom. The van der Waals surface area contributed by atoms with E-state index in [1.165, 1.54) is 0 Å². The summed E-state index contributed by atoms with van der Waals surface area (Å²) in [7, 11) is 0. The van der Waals surface area contributed by atoms with Gasteiger partial charge < -0.3 is 16.8 Å². The maximum atomic E-state index is 11.5. The smallest absolute Gasteiger partial charge is 0.240 e. The Balaban J connectivity index is 4.29. The predicted octanol–water partition coefficient (Wildman–Crippen LogP) is -0.260. The molecular formula is C10H21N3O2. The molecule has 5 heteroatoms. The van der Waals surface area contributed by atoms with E-state index in [9.17, 15) is 9.59 Å². The summed E-state index contributed by atoms with van der Waals surface area (Å²) < 4.78 is 0. The molecular weight excluding hydrogens is 194 g/mol. The van der Waals surface area contributed by atoms with Gasteiger partial charge in [-0.1, -0.05) is 27.2 Å². The second-order valence-corrected chi connectivity index (χ2v) is 4.03. The summed E-state index contributed by atoms with van der Waals surface area (Å²) >= 11 is 0. The fraction of sp³-hybridized carbons (Fsp3) is 0.800. The van der Waals surface area contributed by atoms with Crippen LogP contribution < -0.4 is 16.8 Å². The molecule has 0 aromatic carbocycles. The molecule has 5 nitrogen and oxygen atoms in total. The van der Waals surface area contributed by atoms with Gasteiger partial charge in [0.15, 0.2) is 0 Å². The molecule has 0 bridgehead atoms. The summed E-state index contributed by atoms with van der Waals surface area (Å²) in [6.45, 7) is 5.59. The highest BCUT2D eigenvalue weighted by atomic mass is 16.2. The largest absolute Gasteiger partial charge is 0.368 e. The third-order valence-electron chi connectivity index (χ3n) is 2.21. The number of hydrogen-bond donors (Lipinski definition) is 3. The minimum absolute atomic E-state index is 0.0275. The van der Waals surface area contributed by atoms with Crippen LogP contribution in [-0.2, 0) is 9.59 Å². The van der Waals surface area contributed by atoms with Crippen molar-refractivity contribution in [3.05, 3.63) is 0 Å². The molecule has 2 atom stereocenters. The van der Waals surface area contributed by atoms with Crippen LogP contribution in [0.5, 0.6) is 0 Å². The number of nitrogens with two attached hydrogens (primary N) is 2. The molecule has 0 aliphatic carbocycles. The van der Waals surface area contributed by atoms with E-state index in [-0.39, 0.29) is 11.8 Å². The lowest BCUT2D eigenvalue weighted by molar-refractivity contribution is -0.129. The van der Waals surface area contributed by atoms with Crippen LogP contribution in [0.2, 0.25) is 0 Å². The highest BCUT2D eigenvalue weighted by Crippen LogP contribution is 2.02. The first-order chi connectivity index (χ1) is 6.90. The van der Waals surface area contributed by atoms with Gasteiger partial charge in [0, 0.05) is 0 Å². The van der Waals surface area contributed by atoms with Crippen LogP contribution in [0.1, 0.15) is 33.6 Å². The van der Waals surface area contributed by atoms with Crippen molar-refractivity contribution in [2.75, 3.05) is 0 Å². The van der Waals surface area contributed by atoms with Gasteiger partial charge in [-0.05, 0) is 12.3 Å². The minimum Gasteiger partial charge on any atom is -0.368 e. The molecule has 1 unspecified atom stereocenters. The fourth-order valence-corrected chi connectivity index (χ4v) is 1.27. The van der Waals surface area contributed by atoms with Crippen molar-refractivity contribution in [2.24, 2.45) is 17.4 Å². The second kappa shape index (κ2) is 6.40. The van der Waals surface area contributed by atoms with E-state index in [4.69, 9.17) is 11.5 Å². The van der Waals surface area contributed by atoms with E-state index in [2.05, 4.69) is 5.32 Å². The zero-order valence-corrected chi connectivity index (χ0v) is 9.62. The normalized spacial score (nSPS) is 14.7. The Kier molecular flexibility index (Phi) is 5.93. The average Bonchev–Trinajstić information content (AvgIpc) is 2.12. The van der Waals surface area contributed by atoms with Crippen LogP contribution in [0.25, 0.3) is 0 Å². The lowest BCUT2D eigenvalue weighted by Gasteiger charge is -2.21. The zero-order chi connectivity index (χ0) is 12.0. The van der Waals surface area contributed by atoms with Gasteiger partial charge in [0.25, 0.3) is 0 Å². The van der Waals surface area contributed by atoms with E-state index in [0.717, 1.165) is 6.42 Å². The molecule has 0 aliphatic heterocycles. The summed E-state index contributed by atoms with van der Waals surface area (Å²) in [6.07, 6.45) is 1.44. The van der Waals surface area contributed by atoms with E-state index >= 15 is 0 Å². The van der Waals surface area contributed by atoms with Gasteiger partial charge >= 0.3 is 0 Å². The molecule has 88 valence electrons. The first-order valence-electron chi connectivity index (χ1n) is 5.25. The average molecular weight is 215 g/mol. The van der Waals surface area contributed by atoms with Crippen LogP contribution in [0.15, 0.2) is 0 Å². The van der Waals surface area contributed by atoms with Crippen molar-refractivity contribution < 1.29 is 9.59 Å². The monoisotopic (exact) mass is 215 g/mol. The fourth-order valence-electron chi connectivity index (χ4n) is 1.27. The quantitative estimate of drug-likeness (QED) is 0.569. The molecule has 0 aromatic heterocycles. The van der Waals surface area contributed by atoms with E-state index in [0.29, 0.717) is 6.42 Å². The number of carbonyl (C=O) groups excluding carboxylic acids is 2. The number of carbonyl (C=O) groups is 2. The van der Waals surface area contributed by atoms with Crippen LogP contribution >= 0.6 is 0 Å². The molecule has 0 heterocycles. The van der Waals surface area contributed by atoms with Crippen molar-refractivity contribution in [3.63, 3.8) is 0 Å². The highest BCUT2D eigenvalue weighted by Gasteiger charge is 2.23. The number of primary amides is 1. The Labute approximate surface area is 90.6 Å². The summed E-state index contributed by atoms with van der Waals surface area (Å²) in [5.74, 6) is -0.864. The van der Waals surface area contributed by atoms with Gasteiger partial charge in [0.2, 0.25) is 11.8 Å². The Morgan fingerprint density at radius 1 is 1.33 bits per heavy atom. The highest BCUT2D eigenvalue weighted by molar-refractivity contribution is 5.88. The van der Waals surface area contributed by atoms with Crippen molar-refractivity contribution in [1.29, 1.82) is 0 Å². The molecule has 2 amide bonds. The molecule has 0 aromatic rings. The topological polar surface area (TPSA) is 98.2 Å². The number of amides is 2. The molecule has 0 radical (unpaired) electrons. The van der Waals surface area contributed by atoms with Crippen molar-refractivity contribution in [2.45, 2.75) is 45.7 Å². The van der Waals surface area contributed by atoms with Crippen LogP contribution in [0, 0.1) is 5.92 Å². The lowest BCUT2D eigenvalue weighted by atomic mass is 10.0. The van der Waals surface area contributed by atoms with Gasteiger partial charge in [0.05, 0.1) is 6.04 Å². The predicted molar refractivity (Wildman–Crippen MR) is 58.8 cm³/mol. The lowest BCUT2D eigenvalue weighted by Crippen LogP contribution is -2.52. The van der Waals surface area contributed by atoms with Crippen LogP contribution in [-0.4, -0.2) is 23.9 Å². The molecule has 0 saturated carbocycles. The molecule has 0 saturated heterocycles. The Hall–Kier alpha value is -1.10. The molecule has 0 rings (SSSR count). The molecule has 5 N–H and O–H groups in total. The van der Waals surface area contributed by atoms with Gasteiger partial charge in [0.1, 0.15) is 6.04 Å². The summed E-state index contributed by atoms with van der Waals surface area (Å²) in [4.78, 5) is 22.5. The SMILES string of the molecule is CCC[C@H](N)C(=O)NC(C(N)=O)C(C)C. The van der Waals surface area contributed by atoms with E-state index in [1.54, 1.807) is 0 Å². The van der Waals surface area contributed by atoms with Gasteiger partial charge in [-0.15, -0.1) is 0 Å². The van der Waals surface area contributed by atoms with Crippen molar-refractivity contribution >= 4 is 11.8 Å². The van der Waals surface area contributed by atoms with Gasteiger partial charge in [-0.25, -0.2) is 0 Å². The van der Waals surface area contributed by atoms with Gasteiger partial charge in [-0.2, -0.15) is 0 Å². The summed E-state index contributed by atoms with van der Waals surface area (Å²) in [6, 6.07) is -1.20. The van der Waals surface area contributed by atoms with Crippen molar-refractivity contribution in [3.8, 4) is 0 Å². The van der Waals surface area contributed by atoms with Crippen LogP contribution in [0.3, 0.4) is 0 Å². The minimum atomic E-state index is -0.639. The molecule has 15 heavy (non-hydrogen) atoms. The standard InChI is InChI=1S/C10H21N3O2/c1-4-5-7(11)10(15)13-8(6(2)3)9(12)14/h6-8H,4-5,11H2,1-3H3,(H2,12,14)(H,13,15)/t7-,8?/m0/s1. The summed E-state index contributed by atoms with van der Waals surface area (Å²) in [5.41, 5.74) is 10.8. The third kappa shape index (κ3) is 4.78.